The monoisotopic (exact) mass is 278 g/mol. The second-order valence-electron chi connectivity index (χ2n) is 5.80. The van der Waals surface area contributed by atoms with Gasteiger partial charge in [0.25, 0.3) is 5.24 Å². The van der Waals surface area contributed by atoms with Gasteiger partial charge < -0.3 is 0 Å². The van der Waals surface area contributed by atoms with Gasteiger partial charge in [-0.3, -0.25) is 4.79 Å². The lowest BCUT2D eigenvalue weighted by Crippen LogP contribution is -2.14. The fraction of sp³-hybridized carbons (Fsp3) is 0.588. The first-order valence-corrected chi connectivity index (χ1v) is 7.85. The van der Waals surface area contributed by atoms with Crippen LogP contribution < -0.4 is 0 Å². The van der Waals surface area contributed by atoms with Crippen LogP contribution in [0.2, 0.25) is 0 Å². The number of hydrogen-bond donors (Lipinski definition) is 0. The first-order valence-electron chi connectivity index (χ1n) is 7.47. The summed E-state index contributed by atoms with van der Waals surface area (Å²) >= 11 is 5.44. The predicted molar refractivity (Wildman–Crippen MR) is 80.7 cm³/mol. The molecule has 0 bridgehead atoms. The Kier molecular flexibility index (Phi) is 5.45. The van der Waals surface area contributed by atoms with Crippen molar-refractivity contribution in [2.24, 2.45) is 11.8 Å². The molecule has 2 rings (SSSR count). The van der Waals surface area contributed by atoms with E-state index in [2.05, 4.69) is 6.92 Å². The van der Waals surface area contributed by atoms with Crippen LogP contribution in [0.4, 0.5) is 0 Å². The molecule has 0 atom stereocenters. The minimum absolute atomic E-state index is 0.371. The Hall–Kier alpha value is -0.820. The lowest BCUT2D eigenvalue weighted by molar-refractivity contribution is 0.108. The van der Waals surface area contributed by atoms with Crippen molar-refractivity contribution < 1.29 is 4.79 Å². The van der Waals surface area contributed by atoms with E-state index in [-0.39, 0.29) is 5.24 Å². The maximum atomic E-state index is 11.0. The van der Waals surface area contributed by atoms with Crippen LogP contribution in [0.25, 0.3) is 0 Å². The minimum Gasteiger partial charge on any atom is -0.276 e. The van der Waals surface area contributed by atoms with Gasteiger partial charge in [0.05, 0.1) is 0 Å². The number of aryl methyl sites for hydroxylation is 1. The summed E-state index contributed by atoms with van der Waals surface area (Å²) in [6.07, 6.45) is 9.39. The number of benzene rings is 1. The highest BCUT2D eigenvalue weighted by Crippen LogP contribution is 2.33. The van der Waals surface area contributed by atoms with E-state index in [9.17, 15) is 4.79 Å². The Balaban J connectivity index is 1.78. The van der Waals surface area contributed by atoms with Gasteiger partial charge in [-0.15, -0.1) is 0 Å². The molecule has 1 aromatic rings. The van der Waals surface area contributed by atoms with Crippen LogP contribution in [-0.2, 0) is 6.42 Å². The van der Waals surface area contributed by atoms with Crippen LogP contribution in [0.1, 0.15) is 61.4 Å². The third-order valence-electron chi connectivity index (χ3n) is 4.57. The van der Waals surface area contributed by atoms with Crippen molar-refractivity contribution in [3.63, 3.8) is 0 Å². The molecule has 104 valence electrons. The Morgan fingerprint density at radius 1 is 1.11 bits per heavy atom. The van der Waals surface area contributed by atoms with Crippen LogP contribution in [0, 0.1) is 11.8 Å². The number of carbonyl (C=O) groups is 1. The fourth-order valence-electron chi connectivity index (χ4n) is 3.10. The van der Waals surface area contributed by atoms with Gasteiger partial charge in [0.1, 0.15) is 0 Å². The second kappa shape index (κ2) is 7.09. The average molecular weight is 279 g/mol. The third-order valence-corrected chi connectivity index (χ3v) is 4.78. The lowest BCUT2D eigenvalue weighted by atomic mass is 9.78. The molecule has 1 aromatic carbocycles. The van der Waals surface area contributed by atoms with Crippen LogP contribution >= 0.6 is 11.6 Å². The lowest BCUT2D eigenvalue weighted by Gasteiger charge is -2.27. The van der Waals surface area contributed by atoms with Gasteiger partial charge >= 0.3 is 0 Å². The highest BCUT2D eigenvalue weighted by atomic mass is 35.5. The van der Waals surface area contributed by atoms with Crippen molar-refractivity contribution in [3.8, 4) is 0 Å². The summed E-state index contributed by atoms with van der Waals surface area (Å²) < 4.78 is 0. The standard InChI is InChI=1S/C17H23ClO/c1-2-13-3-5-14(6-4-13)7-8-15-9-11-16(12-10-15)17(18)19/h9-14H,2-8H2,1H3/t13-,14-. The third kappa shape index (κ3) is 4.35. The van der Waals surface area contributed by atoms with Crippen molar-refractivity contribution in [3.05, 3.63) is 35.4 Å². The molecule has 2 heteroatoms. The van der Waals surface area contributed by atoms with Crippen molar-refractivity contribution in [2.75, 3.05) is 0 Å². The number of hydrogen-bond acceptors (Lipinski definition) is 1. The molecule has 1 aliphatic carbocycles. The molecule has 0 aromatic heterocycles. The molecule has 19 heavy (non-hydrogen) atoms. The van der Waals surface area contributed by atoms with E-state index in [4.69, 9.17) is 11.6 Å². The molecular formula is C17H23ClO. The van der Waals surface area contributed by atoms with Crippen molar-refractivity contribution in [1.82, 2.24) is 0 Å². The molecule has 0 heterocycles. The van der Waals surface area contributed by atoms with Crippen LogP contribution in [0.5, 0.6) is 0 Å². The smallest absolute Gasteiger partial charge is 0.252 e. The summed E-state index contributed by atoms with van der Waals surface area (Å²) in [7, 11) is 0. The molecule has 1 aliphatic rings. The van der Waals surface area contributed by atoms with Gasteiger partial charge in [0, 0.05) is 5.56 Å². The molecule has 1 saturated carbocycles. The molecule has 0 unspecified atom stereocenters. The van der Waals surface area contributed by atoms with E-state index in [1.165, 1.54) is 44.1 Å². The largest absolute Gasteiger partial charge is 0.276 e. The molecule has 0 radical (unpaired) electrons. The predicted octanol–water partition coefficient (Wildman–Crippen LogP) is 5.21. The highest BCUT2D eigenvalue weighted by Gasteiger charge is 2.19. The zero-order valence-corrected chi connectivity index (χ0v) is 12.5. The number of rotatable bonds is 5. The highest BCUT2D eigenvalue weighted by molar-refractivity contribution is 6.67. The Bertz CT molecular complexity index is 402. The molecule has 0 N–H and O–H groups in total. The fourth-order valence-corrected chi connectivity index (χ4v) is 3.23. The Labute approximate surface area is 121 Å². The van der Waals surface area contributed by atoms with Crippen LogP contribution in [-0.4, -0.2) is 5.24 Å². The molecule has 0 saturated heterocycles. The minimum atomic E-state index is -0.371. The SMILES string of the molecule is CC[C@H]1CC[C@H](CCc2ccc(C(=O)Cl)cc2)CC1. The van der Waals surface area contributed by atoms with E-state index < -0.39 is 0 Å². The normalized spacial score (nSPS) is 23.3. The Morgan fingerprint density at radius 3 is 2.21 bits per heavy atom. The zero-order chi connectivity index (χ0) is 13.7. The summed E-state index contributed by atoms with van der Waals surface area (Å²) in [5.74, 6) is 1.88. The molecular weight excluding hydrogens is 256 g/mol. The van der Waals surface area contributed by atoms with Gasteiger partial charge in [-0.1, -0.05) is 51.2 Å². The van der Waals surface area contributed by atoms with Crippen LogP contribution in [0.15, 0.2) is 24.3 Å². The summed E-state index contributed by atoms with van der Waals surface area (Å²) in [5.41, 5.74) is 1.91. The summed E-state index contributed by atoms with van der Waals surface area (Å²) in [4.78, 5) is 11.0. The topological polar surface area (TPSA) is 17.1 Å². The van der Waals surface area contributed by atoms with Crippen molar-refractivity contribution in [2.45, 2.75) is 51.9 Å². The van der Waals surface area contributed by atoms with Crippen LogP contribution in [0.3, 0.4) is 0 Å². The van der Waals surface area contributed by atoms with E-state index in [0.29, 0.717) is 5.56 Å². The Morgan fingerprint density at radius 2 is 1.68 bits per heavy atom. The quantitative estimate of drug-likeness (QED) is 0.675. The first kappa shape index (κ1) is 14.6. The van der Waals surface area contributed by atoms with E-state index in [0.717, 1.165) is 18.3 Å². The molecule has 0 spiro atoms. The van der Waals surface area contributed by atoms with Gasteiger partial charge in [-0.25, -0.2) is 0 Å². The maximum Gasteiger partial charge on any atom is 0.252 e. The zero-order valence-electron chi connectivity index (χ0n) is 11.7. The van der Waals surface area contributed by atoms with Gasteiger partial charge in [0.2, 0.25) is 0 Å². The molecule has 0 aliphatic heterocycles. The summed E-state index contributed by atoms with van der Waals surface area (Å²) in [6.45, 7) is 2.31. The summed E-state index contributed by atoms with van der Waals surface area (Å²) in [5, 5.41) is -0.371. The number of carbonyl (C=O) groups excluding carboxylic acids is 1. The maximum absolute atomic E-state index is 11.0. The molecule has 1 fully saturated rings. The van der Waals surface area contributed by atoms with Crippen molar-refractivity contribution >= 4 is 16.8 Å². The van der Waals surface area contributed by atoms with E-state index >= 15 is 0 Å². The van der Waals surface area contributed by atoms with Gasteiger partial charge in [-0.05, 0) is 54.0 Å². The van der Waals surface area contributed by atoms with E-state index in [1.807, 2.05) is 24.3 Å². The van der Waals surface area contributed by atoms with Gasteiger partial charge in [-0.2, -0.15) is 0 Å². The molecule has 0 amide bonds. The average Bonchev–Trinajstić information content (AvgIpc) is 2.46. The number of halogens is 1. The first-order chi connectivity index (χ1) is 9.19. The summed E-state index contributed by atoms with van der Waals surface area (Å²) in [6, 6.07) is 7.73. The van der Waals surface area contributed by atoms with Crippen molar-refractivity contribution in [1.29, 1.82) is 0 Å². The van der Waals surface area contributed by atoms with E-state index in [1.54, 1.807) is 0 Å². The second-order valence-corrected chi connectivity index (χ2v) is 6.15. The molecule has 1 nitrogen and oxygen atoms in total. The van der Waals surface area contributed by atoms with Gasteiger partial charge in [0.15, 0.2) is 0 Å².